The first-order valence-corrected chi connectivity index (χ1v) is 9.10. The lowest BCUT2D eigenvalue weighted by Crippen LogP contribution is -2.15. The topological polar surface area (TPSA) is 84.3 Å². The summed E-state index contributed by atoms with van der Waals surface area (Å²) in [6.07, 6.45) is 1.18. The molecule has 0 saturated carbocycles. The predicted molar refractivity (Wildman–Crippen MR) is 80.3 cm³/mol. The van der Waals surface area contributed by atoms with Gasteiger partial charge in [-0.15, -0.1) is 11.8 Å². The molecule has 0 aliphatic heterocycles. The predicted octanol–water partition coefficient (Wildman–Crippen LogP) is 2.21. The molecule has 0 aromatic carbocycles. The lowest BCUT2D eigenvalue weighted by atomic mass is 9.91. The molecule has 0 unspecified atom stereocenters. The molecule has 7 heteroatoms. The van der Waals surface area contributed by atoms with Gasteiger partial charge >= 0.3 is 5.97 Å². The van der Waals surface area contributed by atoms with Crippen molar-refractivity contribution < 1.29 is 18.3 Å². The number of aromatic carboxylic acids is 1. The van der Waals surface area contributed by atoms with E-state index in [-0.39, 0.29) is 16.7 Å². The number of thioether (sulfide) groups is 1. The molecule has 112 valence electrons. The minimum absolute atomic E-state index is 0.0432. The Morgan fingerprint density at radius 2 is 1.95 bits per heavy atom. The van der Waals surface area contributed by atoms with Crippen LogP contribution in [0.1, 0.15) is 36.8 Å². The van der Waals surface area contributed by atoms with E-state index in [4.69, 9.17) is 5.11 Å². The Morgan fingerprint density at radius 1 is 1.35 bits per heavy atom. The maximum atomic E-state index is 11.1. The summed E-state index contributed by atoms with van der Waals surface area (Å²) in [6.45, 7) is 5.85. The number of hydrogen-bond acceptors (Lipinski definition) is 5. The fourth-order valence-corrected chi connectivity index (χ4v) is 3.51. The molecule has 1 aromatic rings. The van der Waals surface area contributed by atoms with Gasteiger partial charge in [-0.2, -0.15) is 0 Å². The van der Waals surface area contributed by atoms with Crippen LogP contribution < -0.4 is 0 Å². The fourth-order valence-electron chi connectivity index (χ4n) is 1.38. The van der Waals surface area contributed by atoms with E-state index in [1.54, 1.807) is 6.07 Å². The monoisotopic (exact) mass is 317 g/mol. The van der Waals surface area contributed by atoms with E-state index in [0.29, 0.717) is 16.5 Å². The summed E-state index contributed by atoms with van der Waals surface area (Å²) in [5.74, 6) is -0.608. The summed E-state index contributed by atoms with van der Waals surface area (Å²) < 4.78 is 22.2. The molecule has 0 aliphatic rings. The Morgan fingerprint density at radius 3 is 2.40 bits per heavy atom. The van der Waals surface area contributed by atoms with Crippen molar-refractivity contribution in [3.8, 4) is 0 Å². The van der Waals surface area contributed by atoms with Gasteiger partial charge in [0, 0.05) is 23.1 Å². The van der Waals surface area contributed by atoms with E-state index < -0.39 is 15.8 Å². The lowest BCUT2D eigenvalue weighted by molar-refractivity contribution is 0.0696. The summed E-state index contributed by atoms with van der Waals surface area (Å²) in [4.78, 5) is 15.5. The fraction of sp³-hybridized carbons (Fsp3) is 0.538. The van der Waals surface area contributed by atoms with E-state index in [9.17, 15) is 13.2 Å². The molecule has 5 nitrogen and oxygen atoms in total. The zero-order chi connectivity index (χ0) is 15.6. The van der Waals surface area contributed by atoms with Gasteiger partial charge in [0.1, 0.15) is 9.84 Å². The van der Waals surface area contributed by atoms with Gasteiger partial charge in [-0.3, -0.25) is 0 Å². The molecule has 1 heterocycles. The molecule has 0 spiro atoms. The largest absolute Gasteiger partial charge is 0.478 e. The molecule has 1 N–H and O–H groups in total. The quantitative estimate of drug-likeness (QED) is 0.838. The highest BCUT2D eigenvalue weighted by molar-refractivity contribution is 8.00. The molecule has 0 atom stereocenters. The van der Waals surface area contributed by atoms with Crippen LogP contribution in [-0.4, -0.2) is 42.2 Å². The Kier molecular flexibility index (Phi) is 5.21. The molecule has 0 bridgehead atoms. The number of carboxylic acid groups (broad SMARTS) is 1. The summed E-state index contributed by atoms with van der Waals surface area (Å²) >= 11 is 1.26. The first kappa shape index (κ1) is 17.0. The van der Waals surface area contributed by atoms with Crippen molar-refractivity contribution in [2.75, 3.05) is 17.8 Å². The van der Waals surface area contributed by atoms with Gasteiger partial charge in [0.2, 0.25) is 0 Å². The minimum atomic E-state index is -3.02. The van der Waals surface area contributed by atoms with Gasteiger partial charge in [-0.1, -0.05) is 20.8 Å². The number of rotatable bonds is 5. The van der Waals surface area contributed by atoms with Crippen molar-refractivity contribution in [2.45, 2.75) is 31.2 Å². The van der Waals surface area contributed by atoms with Crippen molar-refractivity contribution >= 4 is 27.6 Å². The average molecular weight is 317 g/mol. The van der Waals surface area contributed by atoms with Crippen LogP contribution in [0.5, 0.6) is 0 Å². The summed E-state index contributed by atoms with van der Waals surface area (Å²) in [6, 6.07) is 3.04. The molecular formula is C13H19NO4S2. The second-order valence-corrected chi connectivity index (χ2v) is 8.99. The highest BCUT2D eigenvalue weighted by Gasteiger charge is 2.19. The first-order chi connectivity index (χ1) is 8.99. The molecule has 0 radical (unpaired) electrons. The van der Waals surface area contributed by atoms with Crippen molar-refractivity contribution in [3.63, 3.8) is 0 Å². The maximum absolute atomic E-state index is 11.1. The van der Waals surface area contributed by atoms with Gasteiger partial charge in [-0.25, -0.2) is 18.2 Å². The van der Waals surface area contributed by atoms with E-state index in [2.05, 4.69) is 4.98 Å². The summed E-state index contributed by atoms with van der Waals surface area (Å²) in [5.41, 5.74) is 0.587. The normalized spacial score (nSPS) is 12.4. The van der Waals surface area contributed by atoms with Crippen LogP contribution in [0.25, 0.3) is 0 Å². The molecule has 0 fully saturated rings. The Bertz CT molecular complexity index is 603. The second kappa shape index (κ2) is 6.13. The Balaban J connectivity index is 3.01. The second-order valence-electron chi connectivity index (χ2n) is 5.61. The Labute approximate surface area is 123 Å². The smallest absolute Gasteiger partial charge is 0.335 e. The molecule has 0 amide bonds. The molecule has 1 rings (SSSR count). The number of pyridine rings is 1. The van der Waals surface area contributed by atoms with E-state index in [0.717, 1.165) is 0 Å². The van der Waals surface area contributed by atoms with Crippen molar-refractivity contribution in [2.24, 2.45) is 0 Å². The van der Waals surface area contributed by atoms with Crippen LogP contribution in [0, 0.1) is 0 Å². The van der Waals surface area contributed by atoms with Gasteiger partial charge in [0.25, 0.3) is 0 Å². The SMILES string of the molecule is CC(C)(C)c1cc(C(=O)O)cc(SCCS(C)(=O)=O)n1. The third kappa shape index (κ3) is 5.50. The highest BCUT2D eigenvalue weighted by atomic mass is 32.2. The minimum Gasteiger partial charge on any atom is -0.478 e. The van der Waals surface area contributed by atoms with Crippen LogP contribution in [-0.2, 0) is 15.3 Å². The average Bonchev–Trinajstić information content (AvgIpc) is 2.25. The third-order valence-electron chi connectivity index (χ3n) is 2.52. The van der Waals surface area contributed by atoms with Gasteiger partial charge < -0.3 is 5.11 Å². The van der Waals surface area contributed by atoms with Crippen LogP contribution in [0.3, 0.4) is 0 Å². The van der Waals surface area contributed by atoms with E-state index >= 15 is 0 Å². The molecule has 0 saturated heterocycles. The van der Waals surface area contributed by atoms with Gasteiger partial charge in [0.15, 0.2) is 0 Å². The molecule has 1 aromatic heterocycles. The molecular weight excluding hydrogens is 298 g/mol. The first-order valence-electron chi connectivity index (χ1n) is 6.05. The number of hydrogen-bond donors (Lipinski definition) is 1. The van der Waals surface area contributed by atoms with Gasteiger partial charge in [-0.05, 0) is 12.1 Å². The number of carboxylic acids is 1. The third-order valence-corrected chi connectivity index (χ3v) is 4.64. The van der Waals surface area contributed by atoms with Crippen molar-refractivity contribution in [1.82, 2.24) is 4.98 Å². The van der Waals surface area contributed by atoms with Gasteiger partial charge in [0.05, 0.1) is 16.3 Å². The zero-order valence-corrected chi connectivity index (χ0v) is 13.6. The highest BCUT2D eigenvalue weighted by Crippen LogP contribution is 2.25. The summed E-state index contributed by atoms with van der Waals surface area (Å²) in [5, 5.41) is 9.66. The number of aromatic nitrogens is 1. The lowest BCUT2D eigenvalue weighted by Gasteiger charge is -2.19. The number of sulfone groups is 1. The molecule has 0 aliphatic carbocycles. The van der Waals surface area contributed by atoms with Crippen molar-refractivity contribution in [1.29, 1.82) is 0 Å². The van der Waals surface area contributed by atoms with Crippen LogP contribution in [0.2, 0.25) is 0 Å². The Hall–Kier alpha value is -1.08. The number of nitrogens with zero attached hydrogens (tertiary/aromatic N) is 1. The standard InChI is InChI=1S/C13H19NO4S2/c1-13(2,3)10-7-9(12(15)16)8-11(14-10)19-5-6-20(4,17)18/h7-8H,5-6H2,1-4H3,(H,15,16). The molecule has 20 heavy (non-hydrogen) atoms. The van der Waals surface area contributed by atoms with E-state index in [1.807, 2.05) is 20.8 Å². The van der Waals surface area contributed by atoms with Crippen LogP contribution in [0.4, 0.5) is 0 Å². The van der Waals surface area contributed by atoms with Crippen LogP contribution >= 0.6 is 11.8 Å². The zero-order valence-electron chi connectivity index (χ0n) is 12.0. The summed E-state index contributed by atoms with van der Waals surface area (Å²) in [7, 11) is -3.02. The van der Waals surface area contributed by atoms with Crippen LogP contribution in [0.15, 0.2) is 17.2 Å². The van der Waals surface area contributed by atoms with Crippen molar-refractivity contribution in [3.05, 3.63) is 23.4 Å². The van der Waals surface area contributed by atoms with E-state index in [1.165, 1.54) is 24.1 Å². The number of carbonyl (C=O) groups is 1. The maximum Gasteiger partial charge on any atom is 0.335 e.